The van der Waals surface area contributed by atoms with Gasteiger partial charge in [0.2, 0.25) is 0 Å². The second-order valence-electron chi connectivity index (χ2n) is 3.34. The van der Waals surface area contributed by atoms with Gasteiger partial charge in [-0.25, -0.2) is 4.39 Å². The molecule has 1 aromatic rings. The molecule has 0 bridgehead atoms. The highest BCUT2D eigenvalue weighted by atomic mass is 79.9. The van der Waals surface area contributed by atoms with Gasteiger partial charge >= 0.3 is 5.97 Å². The molecule has 3 nitrogen and oxygen atoms in total. The molecule has 0 heterocycles. The minimum absolute atomic E-state index is 0.0591. The fourth-order valence-corrected chi connectivity index (χ4v) is 1.64. The van der Waals surface area contributed by atoms with Gasteiger partial charge in [0.1, 0.15) is 5.82 Å². The summed E-state index contributed by atoms with van der Waals surface area (Å²) in [5, 5.41) is 2.88. The molecule has 0 aliphatic heterocycles. The summed E-state index contributed by atoms with van der Waals surface area (Å²) in [5.74, 6) is -0.671. The lowest BCUT2D eigenvalue weighted by Gasteiger charge is -2.14. The van der Waals surface area contributed by atoms with Gasteiger partial charge < -0.3 is 10.1 Å². The van der Waals surface area contributed by atoms with Crippen molar-refractivity contribution >= 4 is 21.9 Å². The molecule has 0 amide bonds. The first-order valence-electron chi connectivity index (χ1n) is 4.79. The third-order valence-corrected chi connectivity index (χ3v) is 2.70. The smallest absolute Gasteiger partial charge is 0.319 e. The Morgan fingerprint density at radius 2 is 2.31 bits per heavy atom. The molecule has 0 radical (unpaired) electrons. The summed E-state index contributed by atoms with van der Waals surface area (Å²) >= 11 is 3.27. The number of benzene rings is 1. The van der Waals surface area contributed by atoms with Gasteiger partial charge in [0.05, 0.1) is 13.7 Å². The average Bonchev–Trinajstić information content (AvgIpc) is 2.28. The fraction of sp³-hybridized carbons (Fsp3) is 0.364. The van der Waals surface area contributed by atoms with E-state index in [4.69, 9.17) is 0 Å². The van der Waals surface area contributed by atoms with Crippen LogP contribution < -0.4 is 5.32 Å². The summed E-state index contributed by atoms with van der Waals surface area (Å²) in [6.45, 7) is 1.84. The fourth-order valence-electron chi connectivity index (χ4n) is 1.26. The molecular formula is C11H13BrFNO2. The van der Waals surface area contributed by atoms with E-state index in [1.165, 1.54) is 13.2 Å². The second-order valence-corrected chi connectivity index (χ2v) is 4.26. The summed E-state index contributed by atoms with van der Waals surface area (Å²) in [7, 11) is 1.31. The Hall–Kier alpha value is -0.940. The van der Waals surface area contributed by atoms with Gasteiger partial charge in [0, 0.05) is 16.1 Å². The van der Waals surface area contributed by atoms with Crippen LogP contribution in [0.25, 0.3) is 0 Å². The number of rotatable bonds is 4. The van der Waals surface area contributed by atoms with Gasteiger partial charge in [0.15, 0.2) is 0 Å². The van der Waals surface area contributed by atoms with Gasteiger partial charge in [-0.1, -0.05) is 15.9 Å². The van der Waals surface area contributed by atoms with E-state index in [9.17, 15) is 9.18 Å². The first-order valence-corrected chi connectivity index (χ1v) is 5.59. The van der Waals surface area contributed by atoms with Gasteiger partial charge in [0.25, 0.3) is 0 Å². The van der Waals surface area contributed by atoms with E-state index < -0.39 is 0 Å². The monoisotopic (exact) mass is 289 g/mol. The molecule has 16 heavy (non-hydrogen) atoms. The number of esters is 1. The van der Waals surface area contributed by atoms with Gasteiger partial charge in [-0.15, -0.1) is 0 Å². The number of halogens is 2. The second kappa shape index (κ2) is 5.96. The molecule has 0 saturated heterocycles. The van der Waals surface area contributed by atoms with Gasteiger partial charge in [-0.05, 0) is 25.1 Å². The molecule has 0 saturated carbocycles. The highest BCUT2D eigenvalue weighted by Crippen LogP contribution is 2.21. The standard InChI is InChI=1S/C11H13BrFNO2/c1-7(14-6-11(15)16-2)9-5-8(12)3-4-10(9)13/h3-5,7,14H,6H2,1-2H3. The molecule has 1 N–H and O–H groups in total. The Morgan fingerprint density at radius 3 is 2.94 bits per heavy atom. The van der Waals surface area contributed by atoms with E-state index in [1.807, 2.05) is 0 Å². The van der Waals surface area contributed by atoms with E-state index in [0.717, 1.165) is 4.47 Å². The lowest BCUT2D eigenvalue weighted by atomic mass is 10.1. The van der Waals surface area contributed by atoms with Crippen LogP contribution in [-0.4, -0.2) is 19.6 Å². The number of hydrogen-bond acceptors (Lipinski definition) is 3. The van der Waals surface area contributed by atoms with Gasteiger partial charge in [-0.3, -0.25) is 4.79 Å². The van der Waals surface area contributed by atoms with Crippen molar-refractivity contribution in [3.05, 3.63) is 34.1 Å². The Labute approximate surface area is 102 Å². The van der Waals surface area contributed by atoms with Crippen LogP contribution in [-0.2, 0) is 9.53 Å². The molecule has 5 heteroatoms. The third-order valence-electron chi connectivity index (χ3n) is 2.20. The first-order chi connectivity index (χ1) is 7.54. The maximum atomic E-state index is 13.4. The highest BCUT2D eigenvalue weighted by molar-refractivity contribution is 9.10. The van der Waals surface area contributed by atoms with Crippen LogP contribution in [0.3, 0.4) is 0 Å². The molecule has 0 aliphatic carbocycles. The zero-order chi connectivity index (χ0) is 12.1. The van der Waals surface area contributed by atoms with Crippen LogP contribution in [0.1, 0.15) is 18.5 Å². The highest BCUT2D eigenvalue weighted by Gasteiger charge is 2.12. The number of ether oxygens (including phenoxy) is 1. The van der Waals surface area contributed by atoms with Gasteiger partial charge in [-0.2, -0.15) is 0 Å². The maximum Gasteiger partial charge on any atom is 0.319 e. The average molecular weight is 290 g/mol. The zero-order valence-electron chi connectivity index (χ0n) is 9.09. The number of methoxy groups -OCH3 is 1. The third kappa shape index (κ3) is 3.57. The van der Waals surface area contributed by atoms with Crippen LogP contribution in [0.5, 0.6) is 0 Å². The van der Waals surface area contributed by atoms with Crippen molar-refractivity contribution in [3.8, 4) is 0 Å². The molecule has 88 valence electrons. The van der Waals surface area contributed by atoms with Crippen molar-refractivity contribution in [2.45, 2.75) is 13.0 Å². The summed E-state index contributed by atoms with van der Waals surface area (Å²) in [4.78, 5) is 10.9. The Bertz CT molecular complexity index is 384. The van der Waals surface area contributed by atoms with E-state index in [1.54, 1.807) is 19.1 Å². The molecule has 1 rings (SSSR count). The van der Waals surface area contributed by atoms with Crippen LogP contribution in [0.4, 0.5) is 4.39 Å². The van der Waals surface area contributed by atoms with Crippen molar-refractivity contribution < 1.29 is 13.9 Å². The number of carbonyl (C=O) groups excluding carboxylic acids is 1. The largest absolute Gasteiger partial charge is 0.468 e. The molecule has 1 aromatic carbocycles. The van der Waals surface area contributed by atoms with Crippen LogP contribution in [0.15, 0.2) is 22.7 Å². The first kappa shape index (κ1) is 13.1. The number of carbonyl (C=O) groups is 1. The molecular weight excluding hydrogens is 277 g/mol. The summed E-state index contributed by atoms with van der Waals surface area (Å²) in [5.41, 5.74) is 0.512. The Kier molecular flexibility index (Phi) is 4.89. The SMILES string of the molecule is COC(=O)CNC(C)c1cc(Br)ccc1F. The van der Waals surface area contributed by atoms with Crippen LogP contribution >= 0.6 is 15.9 Å². The topological polar surface area (TPSA) is 38.3 Å². The predicted octanol–water partition coefficient (Wildman–Crippen LogP) is 2.41. The number of hydrogen-bond donors (Lipinski definition) is 1. The van der Waals surface area contributed by atoms with Crippen molar-refractivity contribution in [1.82, 2.24) is 5.32 Å². The lowest BCUT2D eigenvalue weighted by molar-refractivity contribution is -0.139. The van der Waals surface area contributed by atoms with Crippen LogP contribution in [0, 0.1) is 5.82 Å². The minimum atomic E-state index is -0.373. The van der Waals surface area contributed by atoms with E-state index in [-0.39, 0.29) is 24.4 Å². The van der Waals surface area contributed by atoms with Crippen molar-refractivity contribution in [2.24, 2.45) is 0 Å². The molecule has 0 spiro atoms. The predicted molar refractivity (Wildman–Crippen MR) is 62.5 cm³/mol. The maximum absolute atomic E-state index is 13.4. The van der Waals surface area contributed by atoms with Crippen molar-refractivity contribution in [3.63, 3.8) is 0 Å². The van der Waals surface area contributed by atoms with Crippen LogP contribution in [0.2, 0.25) is 0 Å². The number of nitrogens with one attached hydrogen (secondary N) is 1. The van der Waals surface area contributed by atoms with Crippen molar-refractivity contribution in [2.75, 3.05) is 13.7 Å². The van der Waals surface area contributed by atoms with E-state index >= 15 is 0 Å². The Balaban J connectivity index is 2.68. The van der Waals surface area contributed by atoms with Crippen molar-refractivity contribution in [1.29, 1.82) is 0 Å². The lowest BCUT2D eigenvalue weighted by Crippen LogP contribution is -2.27. The molecule has 0 aliphatic rings. The zero-order valence-corrected chi connectivity index (χ0v) is 10.7. The summed E-state index contributed by atoms with van der Waals surface area (Å²) in [6, 6.07) is 4.45. The Morgan fingerprint density at radius 1 is 1.62 bits per heavy atom. The van der Waals surface area contributed by atoms with E-state index in [2.05, 4.69) is 26.0 Å². The molecule has 1 atom stereocenters. The summed E-state index contributed by atoms with van der Waals surface area (Å²) in [6.07, 6.45) is 0. The quantitative estimate of drug-likeness (QED) is 0.865. The summed E-state index contributed by atoms with van der Waals surface area (Å²) < 4.78 is 18.7. The normalized spacial score (nSPS) is 12.2. The molecule has 0 aromatic heterocycles. The molecule has 0 fully saturated rings. The van der Waals surface area contributed by atoms with E-state index in [0.29, 0.717) is 5.56 Å². The minimum Gasteiger partial charge on any atom is -0.468 e. The molecule has 1 unspecified atom stereocenters.